The Morgan fingerprint density at radius 3 is 2.68 bits per heavy atom. The molecule has 0 saturated heterocycles. The molecule has 3 rings (SSSR count). The minimum Gasteiger partial charge on any atom is -0.311 e. The Bertz CT molecular complexity index is 1020. The number of para-hydroxylation sites is 1. The Kier molecular flexibility index (Phi) is 4.78. The van der Waals surface area contributed by atoms with Crippen LogP contribution < -0.4 is 4.72 Å². The van der Waals surface area contributed by atoms with E-state index in [9.17, 15) is 12.8 Å². The van der Waals surface area contributed by atoms with Gasteiger partial charge in [0.05, 0.1) is 5.69 Å². The number of hydrogen-bond donors (Lipinski definition) is 1. The van der Waals surface area contributed by atoms with E-state index in [-0.39, 0.29) is 4.90 Å². The first-order chi connectivity index (χ1) is 11.9. The molecule has 1 aromatic heterocycles. The average molecular weight is 378 g/mol. The second-order valence-electron chi connectivity index (χ2n) is 5.36. The van der Waals surface area contributed by atoms with Gasteiger partial charge in [0.25, 0.3) is 10.0 Å². The molecule has 6 nitrogen and oxygen atoms in total. The highest BCUT2D eigenvalue weighted by Gasteiger charge is 2.21. The van der Waals surface area contributed by atoms with Gasteiger partial charge >= 0.3 is 0 Å². The van der Waals surface area contributed by atoms with Crippen LogP contribution in [0.25, 0.3) is 0 Å². The van der Waals surface area contributed by atoms with Crippen molar-refractivity contribution in [1.29, 1.82) is 0 Å². The molecule has 0 unspecified atom stereocenters. The molecule has 0 radical (unpaired) electrons. The summed E-state index contributed by atoms with van der Waals surface area (Å²) in [7, 11) is -2.27. The maximum atomic E-state index is 14.0. The summed E-state index contributed by atoms with van der Waals surface area (Å²) in [6.07, 6.45) is 1.55. The lowest BCUT2D eigenvalue weighted by molar-refractivity contribution is 0.569. The lowest BCUT2D eigenvalue weighted by Crippen LogP contribution is -2.15. The summed E-state index contributed by atoms with van der Waals surface area (Å²) < 4.78 is 43.4. The zero-order valence-corrected chi connectivity index (χ0v) is 15.1. The van der Waals surface area contributed by atoms with Crippen molar-refractivity contribution in [1.82, 2.24) is 14.8 Å². The van der Waals surface area contributed by atoms with Crippen LogP contribution in [0.1, 0.15) is 5.56 Å². The van der Waals surface area contributed by atoms with Gasteiger partial charge in [0.15, 0.2) is 5.16 Å². The van der Waals surface area contributed by atoms with Crippen LogP contribution in [-0.4, -0.2) is 23.2 Å². The van der Waals surface area contributed by atoms with Gasteiger partial charge in [-0.05, 0) is 48.5 Å². The average Bonchev–Trinajstić information content (AvgIpc) is 2.96. The lowest BCUT2D eigenvalue weighted by Gasteiger charge is -2.13. The molecule has 0 bridgehead atoms. The smallest absolute Gasteiger partial charge is 0.264 e. The number of rotatable bonds is 5. The monoisotopic (exact) mass is 378 g/mol. The first-order valence-electron chi connectivity index (χ1n) is 7.27. The zero-order valence-electron chi connectivity index (χ0n) is 13.5. The third-order valence-electron chi connectivity index (χ3n) is 3.38. The van der Waals surface area contributed by atoms with Gasteiger partial charge in [-0.15, -0.1) is 10.2 Å². The van der Waals surface area contributed by atoms with E-state index in [4.69, 9.17) is 0 Å². The summed E-state index contributed by atoms with van der Waals surface area (Å²) in [6.45, 7) is 1.70. The van der Waals surface area contributed by atoms with Gasteiger partial charge in [-0.25, -0.2) is 12.8 Å². The highest BCUT2D eigenvalue weighted by atomic mass is 32.2. The van der Waals surface area contributed by atoms with E-state index in [1.54, 1.807) is 49.1 Å². The van der Waals surface area contributed by atoms with Crippen molar-refractivity contribution in [3.05, 3.63) is 60.2 Å². The first-order valence-corrected chi connectivity index (χ1v) is 9.56. The van der Waals surface area contributed by atoms with E-state index in [0.717, 1.165) is 6.07 Å². The number of aryl methyl sites for hydroxylation is 2. The third-order valence-corrected chi connectivity index (χ3v) is 5.89. The summed E-state index contributed by atoms with van der Waals surface area (Å²) in [4.78, 5) is 0.251. The summed E-state index contributed by atoms with van der Waals surface area (Å²) in [5.74, 6) is -0.795. The number of benzene rings is 2. The van der Waals surface area contributed by atoms with Crippen molar-refractivity contribution >= 4 is 27.5 Å². The molecule has 0 aliphatic carbocycles. The number of nitrogens with zero attached hydrogens (tertiary/aromatic N) is 3. The van der Waals surface area contributed by atoms with Crippen molar-refractivity contribution < 1.29 is 12.8 Å². The first kappa shape index (κ1) is 17.4. The van der Waals surface area contributed by atoms with Crippen molar-refractivity contribution in [2.24, 2.45) is 7.05 Å². The van der Waals surface area contributed by atoms with Gasteiger partial charge in [-0.1, -0.05) is 18.2 Å². The van der Waals surface area contributed by atoms with E-state index < -0.39 is 15.8 Å². The molecular formula is C16H15FN4O2S2. The van der Waals surface area contributed by atoms with Crippen LogP contribution in [0.3, 0.4) is 0 Å². The van der Waals surface area contributed by atoms with Gasteiger partial charge < -0.3 is 4.57 Å². The largest absolute Gasteiger partial charge is 0.311 e. The predicted octanol–water partition coefficient (Wildman–Crippen LogP) is 3.21. The summed E-state index contributed by atoms with van der Waals surface area (Å²) in [5, 5.41) is 8.37. The number of hydrogen-bond acceptors (Lipinski definition) is 5. The summed E-state index contributed by atoms with van der Waals surface area (Å²) in [6, 6.07) is 10.8. The Hall–Kier alpha value is -2.39. The highest BCUT2D eigenvalue weighted by molar-refractivity contribution is 7.99. The fourth-order valence-corrected chi connectivity index (χ4v) is 4.28. The molecule has 2 aromatic carbocycles. The Morgan fingerprint density at radius 1 is 1.20 bits per heavy atom. The van der Waals surface area contributed by atoms with Gasteiger partial charge in [0, 0.05) is 11.9 Å². The molecule has 0 aliphatic heterocycles. The van der Waals surface area contributed by atoms with Crippen molar-refractivity contribution in [2.45, 2.75) is 21.9 Å². The van der Waals surface area contributed by atoms with Gasteiger partial charge in [0.2, 0.25) is 0 Å². The Balaban J connectivity index is 1.95. The molecule has 1 N–H and O–H groups in total. The van der Waals surface area contributed by atoms with Crippen LogP contribution in [0.15, 0.2) is 63.7 Å². The van der Waals surface area contributed by atoms with Crippen molar-refractivity contribution in [3.63, 3.8) is 0 Å². The summed E-state index contributed by atoms with van der Waals surface area (Å²) >= 11 is 1.26. The maximum Gasteiger partial charge on any atom is 0.264 e. The minimum absolute atomic E-state index is 0.344. The number of nitrogens with one attached hydrogen (secondary N) is 1. The Labute approximate surface area is 149 Å². The topological polar surface area (TPSA) is 76.9 Å². The van der Waals surface area contributed by atoms with Crippen LogP contribution in [0.5, 0.6) is 0 Å². The van der Waals surface area contributed by atoms with Crippen molar-refractivity contribution in [3.8, 4) is 0 Å². The minimum atomic E-state index is -4.06. The second-order valence-corrected chi connectivity index (χ2v) is 8.02. The Morgan fingerprint density at radius 2 is 1.96 bits per heavy atom. The van der Waals surface area contributed by atoms with Gasteiger partial charge in [-0.3, -0.25) is 4.72 Å². The molecule has 0 fully saturated rings. The SMILES string of the molecule is Cc1ccc(F)c(S(=O)(=O)Nc2ccccc2Sc2nncn2C)c1. The fourth-order valence-electron chi connectivity index (χ4n) is 2.12. The normalized spacial score (nSPS) is 11.5. The van der Waals surface area contributed by atoms with Crippen LogP contribution in [0.2, 0.25) is 0 Å². The van der Waals surface area contributed by atoms with Crippen LogP contribution >= 0.6 is 11.8 Å². The molecule has 0 saturated carbocycles. The maximum absolute atomic E-state index is 14.0. The highest BCUT2D eigenvalue weighted by Crippen LogP contribution is 2.33. The molecule has 1 heterocycles. The lowest BCUT2D eigenvalue weighted by atomic mass is 10.2. The van der Waals surface area contributed by atoms with Crippen LogP contribution in [-0.2, 0) is 17.1 Å². The molecule has 0 amide bonds. The molecule has 25 heavy (non-hydrogen) atoms. The molecule has 0 aliphatic rings. The number of halogens is 1. The fraction of sp³-hybridized carbons (Fsp3) is 0.125. The number of anilines is 1. The van der Waals surface area contributed by atoms with Crippen LogP contribution in [0.4, 0.5) is 10.1 Å². The second kappa shape index (κ2) is 6.85. The number of aromatic nitrogens is 3. The molecule has 0 spiro atoms. The van der Waals surface area contributed by atoms with E-state index in [1.807, 2.05) is 0 Å². The molecule has 0 atom stereocenters. The molecular weight excluding hydrogens is 363 g/mol. The van der Waals surface area contributed by atoms with E-state index >= 15 is 0 Å². The molecule has 9 heteroatoms. The van der Waals surface area contributed by atoms with Gasteiger partial charge in [0.1, 0.15) is 17.0 Å². The quantitative estimate of drug-likeness (QED) is 0.738. The van der Waals surface area contributed by atoms with E-state index in [1.165, 1.54) is 23.9 Å². The van der Waals surface area contributed by atoms with E-state index in [2.05, 4.69) is 14.9 Å². The van der Waals surface area contributed by atoms with Crippen molar-refractivity contribution in [2.75, 3.05) is 4.72 Å². The number of sulfonamides is 1. The third kappa shape index (κ3) is 3.83. The molecule has 130 valence electrons. The van der Waals surface area contributed by atoms with E-state index in [0.29, 0.717) is 21.3 Å². The standard InChI is InChI=1S/C16H15FN4O2S2/c1-11-7-8-12(17)15(9-11)25(22,23)20-13-5-3-4-6-14(13)24-16-19-18-10-21(16)2/h3-10,20H,1-2H3. The summed E-state index contributed by atoms with van der Waals surface area (Å²) in [5.41, 5.74) is 1.000. The predicted molar refractivity (Wildman–Crippen MR) is 93.5 cm³/mol. The van der Waals surface area contributed by atoms with Gasteiger partial charge in [-0.2, -0.15) is 0 Å². The molecule has 3 aromatic rings. The zero-order chi connectivity index (χ0) is 18.0. The van der Waals surface area contributed by atoms with Crippen LogP contribution in [0, 0.1) is 12.7 Å².